The van der Waals surface area contributed by atoms with Crippen LogP contribution in [0.3, 0.4) is 0 Å². The van der Waals surface area contributed by atoms with Gasteiger partial charge in [0.2, 0.25) is 0 Å². The maximum Gasteiger partial charge on any atom is 0.283 e. The van der Waals surface area contributed by atoms with Gasteiger partial charge >= 0.3 is 0 Å². The van der Waals surface area contributed by atoms with Crippen LogP contribution in [0.2, 0.25) is 0 Å². The summed E-state index contributed by atoms with van der Waals surface area (Å²) in [5.41, 5.74) is 0. The minimum Gasteiger partial charge on any atom is -0.395 e. The number of aliphatic hydroxyl groups excluding tert-OH is 2. The first-order valence-electron chi connectivity index (χ1n) is 4.44. The van der Waals surface area contributed by atoms with Gasteiger partial charge < -0.3 is 10.2 Å². The maximum atomic E-state index is 11.2. The fraction of sp³-hybridized carbons (Fsp3) is 1.00. The number of hydrogen-bond donors (Lipinski definition) is 2. The van der Waals surface area contributed by atoms with E-state index >= 15 is 0 Å². The third-order valence-electron chi connectivity index (χ3n) is 1.37. The van der Waals surface area contributed by atoms with Crippen LogP contribution < -0.4 is 0 Å². The molecule has 0 spiro atoms. The van der Waals surface area contributed by atoms with E-state index in [1.54, 1.807) is 6.92 Å². The summed E-state index contributed by atoms with van der Waals surface area (Å²) >= 11 is 0. The fourth-order valence-electron chi connectivity index (χ4n) is 0.857. The molecule has 0 unspecified atom stereocenters. The molecule has 0 amide bonds. The van der Waals surface area contributed by atoms with Crippen molar-refractivity contribution in [2.24, 2.45) is 0 Å². The lowest BCUT2D eigenvalue weighted by molar-refractivity contribution is -0.0695. The molecular formula is C7H17NO5S. The van der Waals surface area contributed by atoms with Crippen LogP contribution in [-0.2, 0) is 14.4 Å². The van der Waals surface area contributed by atoms with E-state index in [4.69, 9.17) is 10.2 Å². The molecule has 14 heavy (non-hydrogen) atoms. The molecule has 0 saturated heterocycles. The summed E-state index contributed by atoms with van der Waals surface area (Å²) in [4.78, 5) is 0. The Morgan fingerprint density at radius 1 is 1.21 bits per heavy atom. The molecule has 0 aromatic rings. The lowest BCUT2D eigenvalue weighted by atomic mass is 10.6. The van der Waals surface area contributed by atoms with E-state index in [2.05, 4.69) is 4.28 Å². The second-order valence-electron chi connectivity index (χ2n) is 2.71. The van der Waals surface area contributed by atoms with Crippen molar-refractivity contribution in [1.82, 2.24) is 5.06 Å². The number of hydrogen-bond acceptors (Lipinski definition) is 6. The summed E-state index contributed by atoms with van der Waals surface area (Å²) in [6.07, 6.45) is 0.467. The molecule has 0 saturated carbocycles. The summed E-state index contributed by atoms with van der Waals surface area (Å²) in [7, 11) is -3.57. The van der Waals surface area contributed by atoms with Crippen molar-refractivity contribution in [3.63, 3.8) is 0 Å². The molecule has 0 radical (unpaired) electrons. The zero-order valence-corrected chi connectivity index (χ0v) is 9.03. The highest BCUT2D eigenvalue weighted by Crippen LogP contribution is 2.00. The van der Waals surface area contributed by atoms with Gasteiger partial charge in [0.15, 0.2) is 0 Å². The van der Waals surface area contributed by atoms with Crippen LogP contribution in [0, 0.1) is 0 Å². The van der Waals surface area contributed by atoms with Crippen LogP contribution in [0.25, 0.3) is 0 Å². The van der Waals surface area contributed by atoms with Crippen molar-refractivity contribution in [3.05, 3.63) is 0 Å². The molecule has 0 aliphatic carbocycles. The van der Waals surface area contributed by atoms with Gasteiger partial charge in [0, 0.05) is 13.1 Å². The number of hydroxylamine groups is 2. The van der Waals surface area contributed by atoms with Gasteiger partial charge in [-0.05, 0) is 6.42 Å². The van der Waals surface area contributed by atoms with Crippen molar-refractivity contribution < 1.29 is 22.9 Å². The average molecular weight is 227 g/mol. The summed E-state index contributed by atoms with van der Waals surface area (Å²) in [5, 5.41) is 18.2. The molecule has 0 bridgehead atoms. The van der Waals surface area contributed by atoms with E-state index in [1.807, 2.05) is 0 Å². The zero-order valence-electron chi connectivity index (χ0n) is 8.22. The van der Waals surface area contributed by atoms with Gasteiger partial charge in [0.25, 0.3) is 10.1 Å². The van der Waals surface area contributed by atoms with Crippen LogP contribution in [0.5, 0.6) is 0 Å². The second-order valence-corrected chi connectivity index (χ2v) is 4.39. The maximum absolute atomic E-state index is 11.2. The van der Waals surface area contributed by atoms with Gasteiger partial charge in [0.1, 0.15) is 0 Å². The Morgan fingerprint density at radius 2 is 1.71 bits per heavy atom. The van der Waals surface area contributed by atoms with E-state index < -0.39 is 10.1 Å². The molecule has 0 fully saturated rings. The topological polar surface area (TPSA) is 87.1 Å². The van der Waals surface area contributed by atoms with Gasteiger partial charge in [-0.3, -0.25) is 0 Å². The molecule has 0 aliphatic heterocycles. The predicted octanol–water partition coefficient (Wildman–Crippen LogP) is -1.06. The number of rotatable bonds is 8. The van der Waals surface area contributed by atoms with Crippen LogP contribution in [-0.4, -0.2) is 55.8 Å². The van der Waals surface area contributed by atoms with E-state index in [9.17, 15) is 8.42 Å². The third kappa shape index (κ3) is 6.28. The fourth-order valence-corrected chi connectivity index (χ4v) is 1.90. The summed E-state index contributed by atoms with van der Waals surface area (Å²) < 4.78 is 27.0. The number of nitrogens with zero attached hydrogens (tertiary/aromatic N) is 1. The Kier molecular flexibility index (Phi) is 7.02. The normalized spacial score (nSPS) is 12.3. The molecule has 6 nitrogen and oxygen atoms in total. The predicted molar refractivity (Wildman–Crippen MR) is 50.9 cm³/mol. The van der Waals surface area contributed by atoms with Crippen molar-refractivity contribution in [2.45, 2.75) is 13.3 Å². The molecule has 0 rings (SSSR count). The Morgan fingerprint density at radius 3 is 2.07 bits per heavy atom. The largest absolute Gasteiger partial charge is 0.395 e. The Labute approximate surface area is 84.2 Å². The lowest BCUT2D eigenvalue weighted by Crippen LogP contribution is -2.33. The molecule has 0 aliphatic rings. The monoisotopic (exact) mass is 227 g/mol. The molecule has 86 valence electrons. The first kappa shape index (κ1) is 13.8. The average Bonchev–Trinajstić information content (AvgIpc) is 2.03. The highest BCUT2D eigenvalue weighted by atomic mass is 32.2. The van der Waals surface area contributed by atoms with E-state index in [1.165, 1.54) is 0 Å². The second kappa shape index (κ2) is 7.13. The summed E-state index contributed by atoms with van der Waals surface area (Å²) in [6.45, 7) is 1.40. The van der Waals surface area contributed by atoms with Crippen LogP contribution >= 0.6 is 0 Å². The minimum absolute atomic E-state index is 0.0590. The standard InChI is InChI=1S/C7H17NO5S/c1-2-7-14(11,12)13-8(3-5-9)4-6-10/h9-10H,2-7H2,1H3. The van der Waals surface area contributed by atoms with Gasteiger partial charge in [-0.1, -0.05) is 6.92 Å². The molecule has 2 N–H and O–H groups in total. The SMILES string of the molecule is CCCS(=O)(=O)ON(CCO)CCO. The highest BCUT2D eigenvalue weighted by Gasteiger charge is 2.15. The van der Waals surface area contributed by atoms with Crippen molar-refractivity contribution in [3.8, 4) is 0 Å². The van der Waals surface area contributed by atoms with Crippen LogP contribution in [0.1, 0.15) is 13.3 Å². The summed E-state index contributed by atoms with van der Waals surface area (Å²) in [5.74, 6) is -0.0691. The Bertz CT molecular complexity index is 222. The van der Waals surface area contributed by atoms with Gasteiger partial charge in [-0.25, -0.2) is 0 Å². The first-order chi connectivity index (χ1) is 6.55. The van der Waals surface area contributed by atoms with Crippen LogP contribution in [0.4, 0.5) is 0 Å². The molecular weight excluding hydrogens is 210 g/mol. The minimum atomic E-state index is -3.57. The highest BCUT2D eigenvalue weighted by molar-refractivity contribution is 7.86. The quantitative estimate of drug-likeness (QED) is 0.514. The van der Waals surface area contributed by atoms with Gasteiger partial charge in [0.05, 0.1) is 19.0 Å². The number of aliphatic hydroxyl groups is 2. The molecule has 0 atom stereocenters. The Hall–Kier alpha value is -0.210. The first-order valence-corrected chi connectivity index (χ1v) is 6.02. The third-order valence-corrected chi connectivity index (χ3v) is 2.72. The van der Waals surface area contributed by atoms with Crippen LogP contribution in [0.15, 0.2) is 0 Å². The van der Waals surface area contributed by atoms with Gasteiger partial charge in [-0.15, -0.1) is 0 Å². The van der Waals surface area contributed by atoms with Crippen molar-refractivity contribution in [2.75, 3.05) is 32.1 Å². The van der Waals surface area contributed by atoms with Crippen molar-refractivity contribution in [1.29, 1.82) is 0 Å². The Balaban J connectivity index is 4.13. The molecule has 7 heteroatoms. The van der Waals surface area contributed by atoms with Crippen molar-refractivity contribution >= 4 is 10.1 Å². The van der Waals surface area contributed by atoms with E-state index in [0.29, 0.717) is 6.42 Å². The summed E-state index contributed by atoms with van der Waals surface area (Å²) in [6, 6.07) is 0. The molecule has 0 heterocycles. The van der Waals surface area contributed by atoms with E-state index in [-0.39, 0.29) is 32.1 Å². The van der Waals surface area contributed by atoms with E-state index in [0.717, 1.165) is 5.06 Å². The smallest absolute Gasteiger partial charge is 0.283 e. The zero-order chi connectivity index (χ0) is 11.0. The molecule has 0 aromatic heterocycles. The van der Waals surface area contributed by atoms with Gasteiger partial charge in [-0.2, -0.15) is 17.8 Å². The molecule has 0 aromatic carbocycles. The lowest BCUT2D eigenvalue weighted by Gasteiger charge is -2.18.